The van der Waals surface area contributed by atoms with Crippen molar-refractivity contribution in [2.75, 3.05) is 26.6 Å². The first-order chi connectivity index (χ1) is 11.1. The zero-order chi connectivity index (χ0) is 16.8. The van der Waals surface area contributed by atoms with Crippen molar-refractivity contribution in [3.63, 3.8) is 0 Å². The molecule has 23 heavy (non-hydrogen) atoms. The number of rotatable bonds is 7. The van der Waals surface area contributed by atoms with E-state index in [4.69, 9.17) is 18.6 Å². The molecule has 0 unspecified atom stereocenters. The molecule has 2 rings (SSSR count). The smallest absolute Gasteiger partial charge is 0.224 e. The van der Waals surface area contributed by atoms with Crippen LogP contribution in [-0.4, -0.2) is 37.4 Å². The molecule has 1 amide bonds. The molecule has 8 nitrogen and oxygen atoms in total. The van der Waals surface area contributed by atoms with Gasteiger partial charge in [-0.1, -0.05) is 0 Å². The number of amides is 1. The van der Waals surface area contributed by atoms with Crippen LogP contribution in [0.15, 0.2) is 16.5 Å². The van der Waals surface area contributed by atoms with Gasteiger partial charge in [0.25, 0.3) is 0 Å². The van der Waals surface area contributed by atoms with Gasteiger partial charge in [-0.2, -0.15) is 0 Å². The summed E-state index contributed by atoms with van der Waals surface area (Å²) in [7, 11) is 4.55. The summed E-state index contributed by atoms with van der Waals surface area (Å²) in [5.74, 6) is 2.13. The van der Waals surface area contributed by atoms with Crippen LogP contribution in [0, 0.1) is 6.92 Å². The zero-order valence-corrected chi connectivity index (χ0v) is 13.5. The summed E-state index contributed by atoms with van der Waals surface area (Å²) in [6, 6.07) is 3.33. The van der Waals surface area contributed by atoms with Crippen LogP contribution in [0.5, 0.6) is 17.2 Å². The van der Waals surface area contributed by atoms with Gasteiger partial charge in [0.15, 0.2) is 11.5 Å². The molecule has 0 aliphatic heterocycles. The number of anilines is 1. The number of carbonyl (C=O) groups is 1. The summed E-state index contributed by atoms with van der Waals surface area (Å²) < 4.78 is 21.0. The van der Waals surface area contributed by atoms with E-state index in [1.165, 1.54) is 21.3 Å². The number of carbonyl (C=O) groups excluding carboxylic acids is 1. The monoisotopic (exact) mass is 321 g/mol. The second-order valence-corrected chi connectivity index (χ2v) is 4.68. The minimum absolute atomic E-state index is 0.185. The van der Waals surface area contributed by atoms with Crippen molar-refractivity contribution < 1.29 is 23.4 Å². The summed E-state index contributed by atoms with van der Waals surface area (Å²) in [6.07, 6.45) is 0.593. The van der Waals surface area contributed by atoms with Gasteiger partial charge >= 0.3 is 0 Å². The molecule has 1 N–H and O–H groups in total. The minimum atomic E-state index is -0.185. The van der Waals surface area contributed by atoms with Gasteiger partial charge in [-0.05, 0) is 0 Å². The Morgan fingerprint density at radius 1 is 1.13 bits per heavy atom. The molecule has 1 heterocycles. The van der Waals surface area contributed by atoms with Crippen LogP contribution in [0.25, 0.3) is 0 Å². The number of hydrogen-bond donors (Lipinski definition) is 1. The Morgan fingerprint density at radius 3 is 2.26 bits per heavy atom. The van der Waals surface area contributed by atoms with E-state index in [1.807, 2.05) is 0 Å². The van der Waals surface area contributed by atoms with Crippen molar-refractivity contribution in [3.8, 4) is 17.2 Å². The van der Waals surface area contributed by atoms with E-state index in [0.29, 0.717) is 41.1 Å². The molecule has 0 aliphatic rings. The molecule has 8 heteroatoms. The molecule has 0 bridgehead atoms. The number of ether oxygens (including phenoxy) is 3. The first-order valence-electron chi connectivity index (χ1n) is 6.96. The molecule has 124 valence electrons. The van der Waals surface area contributed by atoms with E-state index >= 15 is 0 Å². The molecule has 0 aliphatic carbocycles. The molecular weight excluding hydrogens is 302 g/mol. The van der Waals surface area contributed by atoms with Crippen molar-refractivity contribution in [2.24, 2.45) is 0 Å². The van der Waals surface area contributed by atoms with Crippen molar-refractivity contribution in [1.82, 2.24) is 10.2 Å². The first-order valence-corrected chi connectivity index (χ1v) is 6.96. The molecule has 0 spiro atoms. The van der Waals surface area contributed by atoms with Gasteiger partial charge in [0.2, 0.25) is 23.4 Å². The van der Waals surface area contributed by atoms with Gasteiger partial charge in [0, 0.05) is 37.6 Å². The van der Waals surface area contributed by atoms with E-state index in [0.717, 1.165) is 0 Å². The summed E-state index contributed by atoms with van der Waals surface area (Å²) in [4.78, 5) is 12.0. The fraction of sp³-hybridized carbons (Fsp3) is 0.400. The van der Waals surface area contributed by atoms with E-state index < -0.39 is 0 Å². The molecule has 1 aromatic heterocycles. The van der Waals surface area contributed by atoms with Crippen LogP contribution in [0.3, 0.4) is 0 Å². The molecule has 2 aromatic rings. The standard InChI is InChI=1S/C15H19N3O5/c1-9-17-18-14(23-9)6-5-13(19)16-10-7-11(20-2)15(22-4)12(8-10)21-3/h7-8H,5-6H2,1-4H3,(H,16,19). The predicted molar refractivity (Wildman–Crippen MR) is 82.1 cm³/mol. The summed E-state index contributed by atoms with van der Waals surface area (Å²) in [6.45, 7) is 1.70. The fourth-order valence-electron chi connectivity index (χ4n) is 2.04. The highest BCUT2D eigenvalue weighted by atomic mass is 16.5. The third-order valence-electron chi connectivity index (χ3n) is 3.08. The molecule has 0 saturated heterocycles. The summed E-state index contributed by atoms with van der Waals surface area (Å²) in [5.41, 5.74) is 0.547. The van der Waals surface area contributed by atoms with Gasteiger partial charge in [0.1, 0.15) is 0 Å². The number of nitrogens with zero attached hydrogens (tertiary/aromatic N) is 2. The largest absolute Gasteiger partial charge is 0.493 e. The van der Waals surface area contributed by atoms with Gasteiger partial charge in [-0.3, -0.25) is 4.79 Å². The average molecular weight is 321 g/mol. The maximum absolute atomic E-state index is 12.0. The molecule has 0 radical (unpaired) electrons. The highest BCUT2D eigenvalue weighted by molar-refractivity contribution is 5.91. The first kappa shape index (κ1) is 16.6. The second kappa shape index (κ2) is 7.48. The SMILES string of the molecule is COc1cc(NC(=O)CCc2nnc(C)o2)cc(OC)c1OC. The lowest BCUT2D eigenvalue weighted by Gasteiger charge is -2.14. The molecular formula is C15H19N3O5. The van der Waals surface area contributed by atoms with Crippen LogP contribution in [0.4, 0.5) is 5.69 Å². The number of aryl methyl sites for hydroxylation is 2. The number of aromatic nitrogens is 2. The van der Waals surface area contributed by atoms with Gasteiger partial charge in [-0.15, -0.1) is 10.2 Å². The predicted octanol–water partition coefficient (Wildman–Crippen LogP) is 1.98. The van der Waals surface area contributed by atoms with Crippen LogP contribution < -0.4 is 19.5 Å². The maximum atomic E-state index is 12.0. The summed E-state index contributed by atoms with van der Waals surface area (Å²) >= 11 is 0. The molecule has 0 saturated carbocycles. The minimum Gasteiger partial charge on any atom is -0.493 e. The maximum Gasteiger partial charge on any atom is 0.224 e. The van der Waals surface area contributed by atoms with Crippen molar-refractivity contribution in [1.29, 1.82) is 0 Å². The Bertz CT molecular complexity index is 658. The Morgan fingerprint density at radius 2 is 1.78 bits per heavy atom. The average Bonchev–Trinajstić information content (AvgIpc) is 2.97. The van der Waals surface area contributed by atoms with Crippen molar-refractivity contribution in [2.45, 2.75) is 19.8 Å². The number of methoxy groups -OCH3 is 3. The Balaban J connectivity index is 2.05. The Kier molecular flexibility index (Phi) is 5.40. The zero-order valence-electron chi connectivity index (χ0n) is 13.5. The number of benzene rings is 1. The molecule has 0 atom stereocenters. The number of hydrogen-bond acceptors (Lipinski definition) is 7. The highest BCUT2D eigenvalue weighted by Gasteiger charge is 2.15. The fourth-order valence-corrected chi connectivity index (χ4v) is 2.04. The van der Waals surface area contributed by atoms with Crippen LogP contribution in [0.1, 0.15) is 18.2 Å². The van der Waals surface area contributed by atoms with Crippen LogP contribution in [-0.2, 0) is 11.2 Å². The quantitative estimate of drug-likeness (QED) is 0.833. The summed E-state index contributed by atoms with van der Waals surface area (Å²) in [5, 5.41) is 10.3. The van der Waals surface area contributed by atoms with Crippen LogP contribution in [0.2, 0.25) is 0 Å². The normalized spacial score (nSPS) is 10.3. The van der Waals surface area contributed by atoms with Gasteiger partial charge < -0.3 is 23.9 Å². The third-order valence-corrected chi connectivity index (χ3v) is 3.08. The lowest BCUT2D eigenvalue weighted by Crippen LogP contribution is -2.12. The van der Waals surface area contributed by atoms with Gasteiger partial charge in [-0.25, -0.2) is 0 Å². The van der Waals surface area contributed by atoms with Crippen LogP contribution >= 0.6 is 0 Å². The van der Waals surface area contributed by atoms with Crippen molar-refractivity contribution in [3.05, 3.63) is 23.9 Å². The second-order valence-electron chi connectivity index (χ2n) is 4.68. The lowest BCUT2D eigenvalue weighted by molar-refractivity contribution is -0.116. The van der Waals surface area contributed by atoms with E-state index in [-0.39, 0.29) is 12.3 Å². The topological polar surface area (TPSA) is 95.7 Å². The Hall–Kier alpha value is -2.77. The van der Waals surface area contributed by atoms with Crippen molar-refractivity contribution >= 4 is 11.6 Å². The highest BCUT2D eigenvalue weighted by Crippen LogP contribution is 2.39. The van der Waals surface area contributed by atoms with E-state index in [2.05, 4.69) is 15.5 Å². The molecule has 0 fully saturated rings. The third kappa shape index (κ3) is 4.12. The van der Waals surface area contributed by atoms with Gasteiger partial charge in [0.05, 0.1) is 21.3 Å². The van der Waals surface area contributed by atoms with E-state index in [1.54, 1.807) is 19.1 Å². The van der Waals surface area contributed by atoms with E-state index in [9.17, 15) is 4.79 Å². The molecule has 1 aromatic carbocycles. The number of nitrogens with one attached hydrogen (secondary N) is 1. The lowest BCUT2D eigenvalue weighted by atomic mass is 10.2. The Labute approximate surface area is 133 Å².